The second-order valence-electron chi connectivity index (χ2n) is 3.94. The Morgan fingerprint density at radius 1 is 1.28 bits per heavy atom. The minimum Gasteiger partial charge on any atom is -0.289 e. The van der Waals surface area contributed by atoms with Crippen molar-refractivity contribution in [3.8, 4) is 0 Å². The lowest BCUT2D eigenvalue weighted by Gasteiger charge is -1.97. The molecule has 0 radical (unpaired) electrons. The van der Waals surface area contributed by atoms with E-state index in [1.54, 1.807) is 42.6 Å². The molecule has 2 nitrogen and oxygen atoms in total. The molecule has 0 bridgehead atoms. The average molecular weight is 258 g/mol. The van der Waals surface area contributed by atoms with Crippen LogP contribution in [0.25, 0.3) is 6.08 Å². The zero-order chi connectivity index (χ0) is 13.0. The van der Waals surface area contributed by atoms with Crippen LogP contribution >= 0.6 is 11.6 Å². The van der Waals surface area contributed by atoms with Gasteiger partial charge in [-0.25, -0.2) is 0 Å². The normalized spacial score (nSPS) is 10.8. The first kappa shape index (κ1) is 12.5. The highest BCUT2D eigenvalue weighted by molar-refractivity contribution is 6.31. The van der Waals surface area contributed by atoms with Crippen molar-refractivity contribution in [2.24, 2.45) is 0 Å². The molecule has 0 atom stereocenters. The van der Waals surface area contributed by atoms with Crippen LogP contribution in [0.2, 0.25) is 5.02 Å². The molecular weight excluding hydrogens is 246 g/mol. The van der Waals surface area contributed by atoms with E-state index in [1.165, 1.54) is 0 Å². The Hall–Kier alpha value is -1.93. The minimum absolute atomic E-state index is 0.0630. The fourth-order valence-corrected chi connectivity index (χ4v) is 1.77. The molecule has 90 valence electrons. The summed E-state index contributed by atoms with van der Waals surface area (Å²) in [7, 11) is 0. The molecule has 0 saturated heterocycles. The number of benzene rings is 1. The Morgan fingerprint density at radius 2 is 2.11 bits per heavy atom. The van der Waals surface area contributed by atoms with Crippen LogP contribution in [-0.4, -0.2) is 10.8 Å². The lowest BCUT2D eigenvalue weighted by molar-refractivity contribution is 0.104. The van der Waals surface area contributed by atoms with Gasteiger partial charge in [0.05, 0.1) is 0 Å². The standard InChI is InChI=1S/C15H12ClNO/c1-11-9-12(7-8-17-11)5-6-15(18)13-3-2-4-14(16)10-13/h2-10H,1H3. The average Bonchev–Trinajstić information content (AvgIpc) is 2.36. The highest BCUT2D eigenvalue weighted by atomic mass is 35.5. The Kier molecular flexibility index (Phi) is 3.90. The maximum Gasteiger partial charge on any atom is 0.185 e. The van der Waals surface area contributed by atoms with Crippen molar-refractivity contribution in [1.29, 1.82) is 0 Å². The van der Waals surface area contributed by atoms with E-state index in [0.29, 0.717) is 10.6 Å². The summed E-state index contributed by atoms with van der Waals surface area (Å²) >= 11 is 5.84. The summed E-state index contributed by atoms with van der Waals surface area (Å²) in [6.45, 7) is 1.91. The number of aromatic nitrogens is 1. The van der Waals surface area contributed by atoms with Crippen LogP contribution in [-0.2, 0) is 0 Å². The Balaban J connectivity index is 2.17. The molecule has 3 heteroatoms. The molecule has 0 aliphatic carbocycles. The number of aryl methyl sites for hydroxylation is 1. The third-order valence-corrected chi connectivity index (χ3v) is 2.69. The summed E-state index contributed by atoms with van der Waals surface area (Å²) < 4.78 is 0. The highest BCUT2D eigenvalue weighted by Gasteiger charge is 2.01. The van der Waals surface area contributed by atoms with Gasteiger partial charge in [-0.15, -0.1) is 0 Å². The molecular formula is C15H12ClNO. The molecule has 1 aromatic carbocycles. The van der Waals surface area contributed by atoms with Gasteiger partial charge in [-0.05, 0) is 42.8 Å². The molecule has 0 unspecified atom stereocenters. The van der Waals surface area contributed by atoms with Crippen LogP contribution in [0.1, 0.15) is 21.6 Å². The van der Waals surface area contributed by atoms with Crippen molar-refractivity contribution >= 4 is 23.5 Å². The van der Waals surface area contributed by atoms with Crippen LogP contribution in [0.15, 0.2) is 48.7 Å². The number of allylic oxidation sites excluding steroid dienone is 1. The third kappa shape index (κ3) is 3.28. The Labute approximate surface area is 111 Å². The molecule has 0 N–H and O–H groups in total. The minimum atomic E-state index is -0.0630. The zero-order valence-electron chi connectivity index (χ0n) is 9.93. The molecule has 2 aromatic rings. The molecule has 0 fully saturated rings. The van der Waals surface area contributed by atoms with E-state index in [0.717, 1.165) is 11.3 Å². The molecule has 0 amide bonds. The first-order chi connectivity index (χ1) is 8.65. The number of hydrogen-bond donors (Lipinski definition) is 0. The van der Waals surface area contributed by atoms with Gasteiger partial charge in [-0.1, -0.05) is 29.8 Å². The van der Waals surface area contributed by atoms with Gasteiger partial charge in [-0.3, -0.25) is 9.78 Å². The van der Waals surface area contributed by atoms with Crippen molar-refractivity contribution in [1.82, 2.24) is 4.98 Å². The van der Waals surface area contributed by atoms with Gasteiger partial charge in [0.15, 0.2) is 5.78 Å². The summed E-state index contributed by atoms with van der Waals surface area (Å²) in [4.78, 5) is 16.0. The molecule has 2 rings (SSSR count). The third-order valence-electron chi connectivity index (χ3n) is 2.46. The first-order valence-corrected chi connectivity index (χ1v) is 5.93. The lowest BCUT2D eigenvalue weighted by atomic mass is 10.1. The fraction of sp³-hybridized carbons (Fsp3) is 0.0667. The maximum atomic E-state index is 11.9. The second-order valence-corrected chi connectivity index (χ2v) is 4.37. The summed E-state index contributed by atoms with van der Waals surface area (Å²) in [5.74, 6) is -0.0630. The summed E-state index contributed by atoms with van der Waals surface area (Å²) in [6, 6.07) is 10.7. The monoisotopic (exact) mass is 257 g/mol. The number of carbonyl (C=O) groups excluding carboxylic acids is 1. The Morgan fingerprint density at radius 3 is 2.83 bits per heavy atom. The molecule has 1 heterocycles. The fourth-order valence-electron chi connectivity index (χ4n) is 1.58. The van der Waals surface area contributed by atoms with E-state index in [2.05, 4.69) is 4.98 Å². The number of halogens is 1. The predicted molar refractivity (Wildman–Crippen MR) is 73.8 cm³/mol. The molecule has 0 aliphatic heterocycles. The van der Waals surface area contributed by atoms with Gasteiger partial charge in [0.25, 0.3) is 0 Å². The Bertz CT molecular complexity index is 605. The van der Waals surface area contributed by atoms with Crippen molar-refractivity contribution in [3.63, 3.8) is 0 Å². The number of carbonyl (C=O) groups is 1. The van der Waals surface area contributed by atoms with Crippen molar-refractivity contribution in [2.75, 3.05) is 0 Å². The topological polar surface area (TPSA) is 30.0 Å². The molecule has 1 aromatic heterocycles. The number of nitrogens with zero attached hydrogens (tertiary/aromatic N) is 1. The summed E-state index contributed by atoms with van der Waals surface area (Å²) in [6.07, 6.45) is 5.04. The van der Waals surface area contributed by atoms with Crippen LogP contribution < -0.4 is 0 Å². The number of ketones is 1. The van der Waals surface area contributed by atoms with Crippen molar-refractivity contribution < 1.29 is 4.79 Å². The first-order valence-electron chi connectivity index (χ1n) is 5.56. The number of pyridine rings is 1. The van der Waals surface area contributed by atoms with Gasteiger partial charge in [0.1, 0.15) is 0 Å². The zero-order valence-corrected chi connectivity index (χ0v) is 10.7. The van der Waals surface area contributed by atoms with Gasteiger partial charge in [0.2, 0.25) is 0 Å². The van der Waals surface area contributed by atoms with Gasteiger partial charge >= 0.3 is 0 Å². The molecule has 18 heavy (non-hydrogen) atoms. The SMILES string of the molecule is Cc1cc(C=CC(=O)c2cccc(Cl)c2)ccn1. The lowest BCUT2D eigenvalue weighted by Crippen LogP contribution is -1.93. The van der Waals surface area contributed by atoms with E-state index in [9.17, 15) is 4.79 Å². The second kappa shape index (κ2) is 5.61. The van der Waals surface area contributed by atoms with E-state index in [1.807, 2.05) is 19.1 Å². The molecule has 0 aliphatic rings. The maximum absolute atomic E-state index is 11.9. The van der Waals surface area contributed by atoms with E-state index in [4.69, 9.17) is 11.6 Å². The van der Waals surface area contributed by atoms with Gasteiger partial charge < -0.3 is 0 Å². The van der Waals surface area contributed by atoms with Crippen molar-refractivity contribution in [3.05, 3.63) is 70.5 Å². The highest BCUT2D eigenvalue weighted by Crippen LogP contribution is 2.12. The number of rotatable bonds is 3. The van der Waals surface area contributed by atoms with Gasteiger partial charge in [0, 0.05) is 22.5 Å². The van der Waals surface area contributed by atoms with Gasteiger partial charge in [-0.2, -0.15) is 0 Å². The van der Waals surface area contributed by atoms with Crippen LogP contribution in [0.5, 0.6) is 0 Å². The number of hydrogen-bond acceptors (Lipinski definition) is 2. The van der Waals surface area contributed by atoms with Crippen LogP contribution in [0, 0.1) is 6.92 Å². The quantitative estimate of drug-likeness (QED) is 0.616. The van der Waals surface area contributed by atoms with Crippen molar-refractivity contribution in [2.45, 2.75) is 6.92 Å². The smallest absolute Gasteiger partial charge is 0.185 e. The van der Waals surface area contributed by atoms with E-state index in [-0.39, 0.29) is 5.78 Å². The van der Waals surface area contributed by atoms with Crippen LogP contribution in [0.4, 0.5) is 0 Å². The molecule has 0 spiro atoms. The summed E-state index contributed by atoms with van der Waals surface area (Å²) in [5, 5.41) is 0.564. The van der Waals surface area contributed by atoms with E-state index >= 15 is 0 Å². The van der Waals surface area contributed by atoms with E-state index < -0.39 is 0 Å². The molecule has 0 saturated carbocycles. The largest absolute Gasteiger partial charge is 0.289 e. The predicted octanol–water partition coefficient (Wildman–Crippen LogP) is 3.94. The summed E-state index contributed by atoms with van der Waals surface area (Å²) in [5.41, 5.74) is 2.47. The van der Waals surface area contributed by atoms with Crippen LogP contribution in [0.3, 0.4) is 0 Å².